The third kappa shape index (κ3) is 1.16. The molecule has 2 heterocycles. The predicted molar refractivity (Wildman–Crippen MR) is 36.7 cm³/mol. The molecular weight excluding hydrogens is 144 g/mol. The lowest BCUT2D eigenvalue weighted by molar-refractivity contribution is -0.755. The van der Waals surface area contributed by atoms with Crippen molar-refractivity contribution in [3.05, 3.63) is 5.82 Å². The minimum absolute atomic E-state index is 0.288. The lowest BCUT2D eigenvalue weighted by Crippen LogP contribution is -2.49. The number of tetrazole rings is 1. The third-order valence-corrected chi connectivity index (χ3v) is 1.85. The highest BCUT2D eigenvalue weighted by Gasteiger charge is 2.25. The monoisotopic (exact) mass is 155 g/mol. The second-order valence-electron chi connectivity index (χ2n) is 2.66. The zero-order chi connectivity index (χ0) is 7.68. The average Bonchev–Trinajstić information content (AvgIpc) is 2.55. The molecule has 2 rings (SSSR count). The molecule has 0 radical (unpaired) electrons. The number of aromatic amines is 1. The molecule has 6 nitrogen and oxygen atoms in total. The molecule has 60 valence electrons. The van der Waals surface area contributed by atoms with E-state index in [2.05, 4.69) is 20.7 Å². The zero-order valence-corrected chi connectivity index (χ0v) is 6.12. The Labute approximate surface area is 63.7 Å². The van der Waals surface area contributed by atoms with Crippen LogP contribution < -0.4 is 16.1 Å². The van der Waals surface area contributed by atoms with Crippen LogP contribution in [0.4, 0.5) is 0 Å². The normalized spacial score (nSPS) is 24.2. The Morgan fingerprint density at radius 3 is 3.09 bits per heavy atom. The van der Waals surface area contributed by atoms with E-state index in [9.17, 15) is 0 Å². The van der Waals surface area contributed by atoms with E-state index < -0.39 is 0 Å². The number of H-pyrrole nitrogens is 1. The molecule has 1 fully saturated rings. The Kier molecular flexibility index (Phi) is 1.46. The summed E-state index contributed by atoms with van der Waals surface area (Å²) < 4.78 is 0. The van der Waals surface area contributed by atoms with Gasteiger partial charge in [-0.3, -0.25) is 0 Å². The van der Waals surface area contributed by atoms with Crippen molar-refractivity contribution >= 4 is 0 Å². The fourth-order valence-electron chi connectivity index (χ4n) is 1.31. The molecule has 0 bridgehead atoms. The summed E-state index contributed by atoms with van der Waals surface area (Å²) in [5.74, 6) is 6.06. The van der Waals surface area contributed by atoms with E-state index in [4.69, 9.17) is 5.84 Å². The van der Waals surface area contributed by atoms with Gasteiger partial charge in [0.05, 0.1) is 11.1 Å². The smallest absolute Gasteiger partial charge is 0.305 e. The van der Waals surface area contributed by atoms with Crippen molar-refractivity contribution in [2.45, 2.75) is 18.9 Å². The van der Waals surface area contributed by atoms with Crippen LogP contribution in [0.15, 0.2) is 0 Å². The Hall–Kier alpha value is -1.17. The quantitative estimate of drug-likeness (QED) is 0.331. The number of aromatic nitrogens is 4. The van der Waals surface area contributed by atoms with Crippen LogP contribution in [0.5, 0.6) is 0 Å². The summed E-state index contributed by atoms with van der Waals surface area (Å²) in [5, 5.41) is 13.7. The van der Waals surface area contributed by atoms with Gasteiger partial charge < -0.3 is 5.32 Å². The number of nitrogens with one attached hydrogen (secondary N) is 2. The number of rotatable bonds is 1. The van der Waals surface area contributed by atoms with Gasteiger partial charge in [-0.05, 0) is 24.6 Å². The fourth-order valence-corrected chi connectivity index (χ4v) is 1.31. The van der Waals surface area contributed by atoms with Gasteiger partial charge in [0.1, 0.15) is 0 Å². The molecule has 1 aliphatic rings. The molecule has 6 heteroatoms. The molecule has 0 aromatic carbocycles. The zero-order valence-electron chi connectivity index (χ0n) is 6.12. The summed E-state index contributed by atoms with van der Waals surface area (Å²) in [5.41, 5.74) is 0. The van der Waals surface area contributed by atoms with Crippen LogP contribution in [-0.4, -0.2) is 22.0 Å². The topological polar surface area (TPSA) is 83.5 Å². The van der Waals surface area contributed by atoms with Crippen molar-refractivity contribution < 1.29 is 4.91 Å². The Morgan fingerprint density at radius 1 is 1.64 bits per heavy atom. The molecule has 4 N–H and O–H groups in total. The predicted octanol–water partition coefficient (Wildman–Crippen LogP) is -1.77. The number of hydrogen-bond acceptors (Lipinski definition) is 4. The maximum Gasteiger partial charge on any atom is 0.327 e. The van der Waals surface area contributed by atoms with E-state index >= 15 is 0 Å². The van der Waals surface area contributed by atoms with Gasteiger partial charge in [0.2, 0.25) is 0 Å². The van der Waals surface area contributed by atoms with E-state index in [0.29, 0.717) is 0 Å². The van der Waals surface area contributed by atoms with Gasteiger partial charge in [0, 0.05) is 10.0 Å². The molecule has 1 aliphatic heterocycles. The summed E-state index contributed by atoms with van der Waals surface area (Å²) in [7, 11) is 0. The molecule has 0 amide bonds. The van der Waals surface area contributed by atoms with Crippen LogP contribution in [0.3, 0.4) is 0 Å². The Bertz CT molecular complexity index is 237. The van der Waals surface area contributed by atoms with Crippen LogP contribution in [0, 0.1) is 0 Å². The molecule has 0 saturated carbocycles. The third-order valence-electron chi connectivity index (χ3n) is 1.85. The first-order chi connectivity index (χ1) is 5.36. The molecule has 1 unspecified atom stereocenters. The molecule has 1 aromatic rings. The minimum Gasteiger partial charge on any atom is -0.305 e. The van der Waals surface area contributed by atoms with Crippen molar-refractivity contribution in [1.82, 2.24) is 20.7 Å². The molecule has 0 aliphatic carbocycles. The maximum atomic E-state index is 5.31. The summed E-state index contributed by atoms with van der Waals surface area (Å²) in [6.45, 7) is 1.05. The van der Waals surface area contributed by atoms with Gasteiger partial charge in [0.15, 0.2) is 0 Å². The van der Waals surface area contributed by atoms with Gasteiger partial charge in [-0.25, -0.2) is 5.84 Å². The highest BCUT2D eigenvalue weighted by atomic mass is 15.7. The fraction of sp³-hybridized carbons (Fsp3) is 0.800. The van der Waals surface area contributed by atoms with Crippen LogP contribution >= 0.6 is 0 Å². The van der Waals surface area contributed by atoms with Crippen LogP contribution in [-0.2, 0) is 0 Å². The van der Waals surface area contributed by atoms with Gasteiger partial charge in [-0.15, -0.1) is 0 Å². The van der Waals surface area contributed by atoms with Crippen molar-refractivity contribution in [3.8, 4) is 0 Å². The molecule has 0 spiro atoms. The van der Waals surface area contributed by atoms with Gasteiger partial charge in [-0.2, -0.15) is 0 Å². The first-order valence-electron chi connectivity index (χ1n) is 3.69. The largest absolute Gasteiger partial charge is 0.327 e. The molecule has 1 aromatic heterocycles. The molecule has 11 heavy (non-hydrogen) atoms. The summed E-state index contributed by atoms with van der Waals surface area (Å²) >= 11 is 0. The van der Waals surface area contributed by atoms with Crippen molar-refractivity contribution in [1.29, 1.82) is 0 Å². The maximum absolute atomic E-state index is 5.31. The summed E-state index contributed by atoms with van der Waals surface area (Å²) in [6, 6.07) is 0.288. The minimum atomic E-state index is 0.288. The van der Waals surface area contributed by atoms with E-state index in [1.54, 1.807) is 0 Å². The SMILES string of the molecule is N[n+]1nc(C2CCCN2)n[nH]1. The summed E-state index contributed by atoms with van der Waals surface area (Å²) in [6.07, 6.45) is 2.28. The van der Waals surface area contributed by atoms with Crippen molar-refractivity contribution in [2.24, 2.45) is 0 Å². The first-order valence-corrected chi connectivity index (χ1v) is 3.69. The number of hydrogen-bond donors (Lipinski definition) is 3. The van der Waals surface area contributed by atoms with Crippen LogP contribution in [0.1, 0.15) is 24.7 Å². The van der Waals surface area contributed by atoms with Crippen molar-refractivity contribution in [2.75, 3.05) is 12.4 Å². The molecule has 1 saturated heterocycles. The Balaban J connectivity index is 2.15. The van der Waals surface area contributed by atoms with Crippen LogP contribution in [0.2, 0.25) is 0 Å². The van der Waals surface area contributed by atoms with E-state index in [1.807, 2.05) is 0 Å². The van der Waals surface area contributed by atoms with E-state index in [1.165, 1.54) is 6.42 Å². The lowest BCUT2D eigenvalue weighted by atomic mass is 10.2. The number of nitrogens with zero attached hydrogens (tertiary/aromatic N) is 3. The van der Waals surface area contributed by atoms with Gasteiger partial charge in [0.25, 0.3) is 0 Å². The standard InChI is InChI=1S/C5H10N6/c6-11-9-5(8-10-11)4-2-1-3-7-4/h4,7H,1-3,6H2/p+1. The molecular formula is C5H11N6+. The van der Waals surface area contributed by atoms with E-state index in [-0.39, 0.29) is 6.04 Å². The Morgan fingerprint density at radius 2 is 2.55 bits per heavy atom. The second-order valence-corrected chi connectivity index (χ2v) is 2.66. The number of nitrogen functional groups attached to an aromatic ring is 1. The molecule has 1 atom stereocenters. The highest BCUT2D eigenvalue weighted by Crippen LogP contribution is 2.17. The first kappa shape index (κ1) is 6.53. The second kappa shape index (κ2) is 2.46. The summed E-state index contributed by atoms with van der Waals surface area (Å²) in [4.78, 5) is 1.12. The van der Waals surface area contributed by atoms with Gasteiger partial charge in [-0.1, -0.05) is 0 Å². The van der Waals surface area contributed by atoms with Crippen molar-refractivity contribution in [3.63, 3.8) is 0 Å². The van der Waals surface area contributed by atoms with E-state index in [0.717, 1.165) is 23.7 Å². The average molecular weight is 155 g/mol. The highest BCUT2D eigenvalue weighted by molar-refractivity contribution is 4.90. The van der Waals surface area contributed by atoms with Crippen LogP contribution in [0.25, 0.3) is 0 Å². The number of nitrogens with two attached hydrogens (primary N) is 1. The van der Waals surface area contributed by atoms with Gasteiger partial charge >= 0.3 is 5.82 Å². The lowest BCUT2D eigenvalue weighted by Gasteiger charge is -1.96.